The lowest BCUT2D eigenvalue weighted by atomic mass is 10.3. The zero-order valence-corrected chi connectivity index (χ0v) is 10.6. The van der Waals surface area contributed by atoms with Crippen molar-refractivity contribution in [1.29, 1.82) is 0 Å². The SMILES string of the molecule is Cc1ncsc1Cn1c(C2CC2)n[nH]c1=S. The maximum Gasteiger partial charge on any atom is 0.195 e. The van der Waals surface area contributed by atoms with Crippen LogP contribution in [0.4, 0.5) is 0 Å². The number of hydrogen-bond donors (Lipinski definition) is 1. The van der Waals surface area contributed by atoms with Gasteiger partial charge in [-0.2, -0.15) is 5.10 Å². The highest BCUT2D eigenvalue weighted by atomic mass is 32.1. The average Bonchev–Trinajstić information content (AvgIpc) is 2.94. The van der Waals surface area contributed by atoms with Crippen LogP contribution in [0.1, 0.15) is 35.2 Å². The molecule has 3 rings (SSSR count). The zero-order valence-electron chi connectivity index (χ0n) is 8.93. The standard InChI is InChI=1S/C10H12N4S2/c1-6-8(16-5-11-6)4-14-9(7-2-3-7)12-13-10(14)15/h5,7H,2-4H2,1H3,(H,13,15). The fourth-order valence-corrected chi connectivity index (χ4v) is 2.73. The second-order valence-electron chi connectivity index (χ2n) is 4.11. The van der Waals surface area contributed by atoms with E-state index in [1.54, 1.807) is 11.3 Å². The molecular formula is C10H12N4S2. The summed E-state index contributed by atoms with van der Waals surface area (Å²) in [6.45, 7) is 2.84. The molecule has 2 aromatic rings. The number of nitrogens with zero attached hydrogens (tertiary/aromatic N) is 3. The molecule has 1 aliphatic carbocycles. The third-order valence-corrected chi connectivity index (χ3v) is 4.11. The van der Waals surface area contributed by atoms with Crippen LogP contribution in [0.25, 0.3) is 0 Å². The minimum atomic E-state index is 0.612. The fraction of sp³-hybridized carbons (Fsp3) is 0.500. The lowest BCUT2D eigenvalue weighted by Gasteiger charge is -2.04. The molecule has 6 heteroatoms. The molecule has 2 heterocycles. The Labute approximate surface area is 102 Å². The van der Waals surface area contributed by atoms with Crippen LogP contribution in [0.3, 0.4) is 0 Å². The van der Waals surface area contributed by atoms with Crippen LogP contribution in [0, 0.1) is 11.7 Å². The Hall–Kier alpha value is -1.01. The maximum absolute atomic E-state index is 5.27. The summed E-state index contributed by atoms with van der Waals surface area (Å²) >= 11 is 6.94. The largest absolute Gasteiger partial charge is 0.299 e. The van der Waals surface area contributed by atoms with Gasteiger partial charge in [-0.1, -0.05) is 0 Å². The van der Waals surface area contributed by atoms with E-state index in [1.165, 1.54) is 17.7 Å². The minimum absolute atomic E-state index is 0.612. The summed E-state index contributed by atoms with van der Waals surface area (Å²) in [5.41, 5.74) is 2.97. The van der Waals surface area contributed by atoms with E-state index < -0.39 is 0 Å². The molecule has 0 atom stereocenters. The van der Waals surface area contributed by atoms with Gasteiger partial charge in [0.15, 0.2) is 4.77 Å². The quantitative estimate of drug-likeness (QED) is 0.854. The van der Waals surface area contributed by atoms with Gasteiger partial charge in [0.25, 0.3) is 0 Å². The molecular weight excluding hydrogens is 240 g/mol. The fourth-order valence-electron chi connectivity index (χ4n) is 1.76. The van der Waals surface area contributed by atoms with Crippen LogP contribution < -0.4 is 0 Å². The summed E-state index contributed by atoms with van der Waals surface area (Å²) in [5, 5.41) is 7.21. The first kappa shape index (κ1) is 10.2. The van der Waals surface area contributed by atoms with E-state index in [-0.39, 0.29) is 0 Å². The predicted octanol–water partition coefficient (Wildman–Crippen LogP) is 2.63. The molecule has 0 aromatic carbocycles. The summed E-state index contributed by atoms with van der Waals surface area (Å²) in [6, 6.07) is 0. The van der Waals surface area contributed by atoms with Gasteiger partial charge >= 0.3 is 0 Å². The van der Waals surface area contributed by atoms with E-state index in [0.29, 0.717) is 5.92 Å². The molecule has 84 valence electrons. The van der Waals surface area contributed by atoms with Crippen LogP contribution in [-0.4, -0.2) is 19.7 Å². The normalized spacial score (nSPS) is 15.6. The number of H-pyrrole nitrogens is 1. The van der Waals surface area contributed by atoms with E-state index in [1.807, 2.05) is 12.4 Å². The first-order valence-electron chi connectivity index (χ1n) is 5.30. The Balaban J connectivity index is 1.97. The summed E-state index contributed by atoms with van der Waals surface area (Å²) < 4.78 is 2.82. The molecule has 0 amide bonds. The topological polar surface area (TPSA) is 46.5 Å². The molecule has 16 heavy (non-hydrogen) atoms. The second kappa shape index (κ2) is 3.78. The Morgan fingerprint density at radius 2 is 2.44 bits per heavy atom. The van der Waals surface area contributed by atoms with E-state index in [2.05, 4.69) is 19.7 Å². The van der Waals surface area contributed by atoms with E-state index >= 15 is 0 Å². The van der Waals surface area contributed by atoms with Crippen molar-refractivity contribution >= 4 is 23.6 Å². The van der Waals surface area contributed by atoms with Crippen LogP contribution in [0.15, 0.2) is 5.51 Å². The average molecular weight is 252 g/mol. The number of hydrogen-bond acceptors (Lipinski definition) is 4. The minimum Gasteiger partial charge on any atom is -0.299 e. The first-order valence-corrected chi connectivity index (χ1v) is 6.58. The summed E-state index contributed by atoms with van der Waals surface area (Å²) in [5.74, 6) is 1.72. The van der Waals surface area contributed by atoms with Crippen molar-refractivity contribution in [3.63, 3.8) is 0 Å². The first-order chi connectivity index (χ1) is 7.75. The lowest BCUT2D eigenvalue weighted by Crippen LogP contribution is -2.04. The van der Waals surface area contributed by atoms with Crippen molar-refractivity contribution in [2.24, 2.45) is 0 Å². The zero-order chi connectivity index (χ0) is 11.1. The van der Waals surface area contributed by atoms with Gasteiger partial charge in [0.2, 0.25) is 0 Å². The number of aromatic nitrogens is 4. The van der Waals surface area contributed by atoms with Gasteiger partial charge in [0.1, 0.15) is 5.82 Å². The molecule has 1 aliphatic rings. The second-order valence-corrected chi connectivity index (χ2v) is 5.43. The van der Waals surface area contributed by atoms with Gasteiger partial charge in [-0.3, -0.25) is 9.67 Å². The Kier molecular flexibility index (Phi) is 2.40. The molecule has 0 radical (unpaired) electrons. The molecule has 1 saturated carbocycles. The lowest BCUT2D eigenvalue weighted by molar-refractivity contribution is 0.722. The number of nitrogens with one attached hydrogen (secondary N) is 1. The van der Waals surface area contributed by atoms with Gasteiger partial charge in [0.05, 0.1) is 17.7 Å². The predicted molar refractivity (Wildman–Crippen MR) is 65.3 cm³/mol. The van der Waals surface area contributed by atoms with Crippen LogP contribution >= 0.6 is 23.6 Å². The third kappa shape index (κ3) is 1.72. The third-order valence-electron chi connectivity index (χ3n) is 2.88. The highest BCUT2D eigenvalue weighted by molar-refractivity contribution is 7.71. The van der Waals surface area contributed by atoms with Crippen molar-refractivity contribution in [3.05, 3.63) is 26.7 Å². The van der Waals surface area contributed by atoms with Crippen molar-refractivity contribution in [3.8, 4) is 0 Å². The van der Waals surface area contributed by atoms with E-state index in [0.717, 1.165) is 22.8 Å². The van der Waals surface area contributed by atoms with Gasteiger partial charge < -0.3 is 0 Å². The van der Waals surface area contributed by atoms with Gasteiger partial charge in [-0.05, 0) is 32.0 Å². The Bertz CT molecular complexity index is 561. The molecule has 0 unspecified atom stereocenters. The van der Waals surface area contributed by atoms with Crippen molar-refractivity contribution in [2.75, 3.05) is 0 Å². The molecule has 2 aromatic heterocycles. The van der Waals surface area contributed by atoms with Gasteiger partial charge in [0, 0.05) is 10.8 Å². The van der Waals surface area contributed by atoms with Crippen LogP contribution in [0.2, 0.25) is 0 Å². The van der Waals surface area contributed by atoms with Crippen LogP contribution in [0.5, 0.6) is 0 Å². The Morgan fingerprint density at radius 1 is 1.62 bits per heavy atom. The molecule has 0 saturated heterocycles. The van der Waals surface area contributed by atoms with Gasteiger partial charge in [-0.15, -0.1) is 11.3 Å². The van der Waals surface area contributed by atoms with Crippen LogP contribution in [-0.2, 0) is 6.54 Å². The molecule has 0 aliphatic heterocycles. The van der Waals surface area contributed by atoms with Crippen molar-refractivity contribution in [2.45, 2.75) is 32.2 Å². The molecule has 4 nitrogen and oxygen atoms in total. The summed E-state index contributed by atoms with van der Waals surface area (Å²) in [6.07, 6.45) is 2.47. The molecule has 1 N–H and O–H groups in total. The number of thiazole rings is 1. The van der Waals surface area contributed by atoms with Crippen molar-refractivity contribution in [1.82, 2.24) is 19.7 Å². The van der Waals surface area contributed by atoms with Gasteiger partial charge in [-0.25, -0.2) is 4.98 Å². The molecule has 0 spiro atoms. The Morgan fingerprint density at radius 3 is 3.06 bits per heavy atom. The smallest absolute Gasteiger partial charge is 0.195 e. The summed E-state index contributed by atoms with van der Waals surface area (Å²) in [7, 11) is 0. The molecule has 1 fully saturated rings. The highest BCUT2D eigenvalue weighted by Gasteiger charge is 2.29. The van der Waals surface area contributed by atoms with E-state index in [9.17, 15) is 0 Å². The summed E-state index contributed by atoms with van der Waals surface area (Å²) in [4.78, 5) is 5.52. The van der Waals surface area contributed by atoms with E-state index in [4.69, 9.17) is 12.2 Å². The highest BCUT2D eigenvalue weighted by Crippen LogP contribution is 2.39. The molecule has 0 bridgehead atoms. The number of rotatable bonds is 3. The number of aromatic amines is 1. The van der Waals surface area contributed by atoms with Crippen molar-refractivity contribution < 1.29 is 0 Å². The number of aryl methyl sites for hydroxylation is 1. The monoisotopic (exact) mass is 252 g/mol. The maximum atomic E-state index is 5.27.